The molecule has 1 aromatic rings. The fourth-order valence-corrected chi connectivity index (χ4v) is 3.04. The van der Waals surface area contributed by atoms with Crippen molar-refractivity contribution in [1.29, 1.82) is 5.26 Å². The highest BCUT2D eigenvalue weighted by molar-refractivity contribution is 7.89. The van der Waals surface area contributed by atoms with Gasteiger partial charge >= 0.3 is 0 Å². The molecule has 1 aromatic carbocycles. The third kappa shape index (κ3) is 3.06. The zero-order valence-electron chi connectivity index (χ0n) is 10.5. The second-order valence-electron chi connectivity index (χ2n) is 4.23. The molecule has 0 amide bonds. The summed E-state index contributed by atoms with van der Waals surface area (Å²) in [6, 6.07) is 5.60. The molecule has 1 atom stereocenters. The summed E-state index contributed by atoms with van der Waals surface area (Å²) in [4.78, 5) is -0.0601. The van der Waals surface area contributed by atoms with E-state index in [4.69, 9.17) is 5.26 Å². The lowest BCUT2D eigenvalue weighted by Gasteiger charge is -2.19. The van der Waals surface area contributed by atoms with Crippen LogP contribution in [0.2, 0.25) is 0 Å². The molecule has 0 aliphatic heterocycles. The number of hydrogen-bond donors (Lipinski definition) is 0. The molecule has 98 valence electrons. The van der Waals surface area contributed by atoms with Crippen molar-refractivity contribution < 1.29 is 12.8 Å². The van der Waals surface area contributed by atoms with E-state index >= 15 is 0 Å². The van der Waals surface area contributed by atoms with Gasteiger partial charge in [0.1, 0.15) is 5.82 Å². The summed E-state index contributed by atoms with van der Waals surface area (Å²) >= 11 is 0. The van der Waals surface area contributed by atoms with Gasteiger partial charge in [-0.25, -0.2) is 12.8 Å². The van der Waals surface area contributed by atoms with Crippen LogP contribution in [0.25, 0.3) is 0 Å². The highest BCUT2D eigenvalue weighted by Gasteiger charge is 2.24. The van der Waals surface area contributed by atoms with Gasteiger partial charge in [-0.05, 0) is 31.5 Å². The van der Waals surface area contributed by atoms with Crippen LogP contribution in [0.3, 0.4) is 0 Å². The molecular formula is C12H15FN2O2S. The molecule has 0 fully saturated rings. The standard InChI is InChI=1S/C12H15FN2O2S/c1-9(7-14)8-15(3)18(16,17)12-6-11(13)5-4-10(12)2/h4-6,9H,8H2,1-3H3. The first-order valence-corrected chi connectivity index (χ1v) is 6.85. The number of halogens is 1. The summed E-state index contributed by atoms with van der Waals surface area (Å²) in [7, 11) is -2.37. The van der Waals surface area contributed by atoms with Crippen LogP contribution in [0.4, 0.5) is 4.39 Å². The summed E-state index contributed by atoms with van der Waals surface area (Å²) < 4.78 is 38.6. The van der Waals surface area contributed by atoms with Crippen LogP contribution < -0.4 is 0 Å². The van der Waals surface area contributed by atoms with Crippen molar-refractivity contribution in [3.63, 3.8) is 0 Å². The Morgan fingerprint density at radius 1 is 1.50 bits per heavy atom. The number of benzene rings is 1. The van der Waals surface area contributed by atoms with Gasteiger partial charge in [-0.1, -0.05) is 6.07 Å². The summed E-state index contributed by atoms with van der Waals surface area (Å²) in [6.45, 7) is 3.31. The molecular weight excluding hydrogens is 255 g/mol. The number of rotatable bonds is 4. The van der Waals surface area contributed by atoms with Gasteiger partial charge < -0.3 is 0 Å². The lowest BCUT2D eigenvalue weighted by Crippen LogP contribution is -2.31. The SMILES string of the molecule is Cc1ccc(F)cc1S(=O)(=O)N(C)CC(C)C#N. The van der Waals surface area contributed by atoms with E-state index in [1.165, 1.54) is 19.2 Å². The molecule has 0 aliphatic carbocycles. The average Bonchev–Trinajstić information content (AvgIpc) is 2.31. The monoisotopic (exact) mass is 270 g/mol. The molecule has 18 heavy (non-hydrogen) atoms. The van der Waals surface area contributed by atoms with Crippen molar-refractivity contribution in [2.45, 2.75) is 18.7 Å². The molecule has 0 aliphatic rings. The maximum Gasteiger partial charge on any atom is 0.243 e. The first-order valence-electron chi connectivity index (χ1n) is 5.41. The van der Waals surface area contributed by atoms with Crippen molar-refractivity contribution in [2.75, 3.05) is 13.6 Å². The van der Waals surface area contributed by atoms with Gasteiger partial charge in [0.25, 0.3) is 0 Å². The Bertz CT molecular complexity index is 578. The zero-order chi connectivity index (χ0) is 13.9. The molecule has 6 heteroatoms. The lowest BCUT2D eigenvalue weighted by molar-refractivity contribution is 0.438. The molecule has 0 saturated carbocycles. The quantitative estimate of drug-likeness (QED) is 0.839. The van der Waals surface area contributed by atoms with Gasteiger partial charge in [0, 0.05) is 13.6 Å². The summed E-state index contributed by atoms with van der Waals surface area (Å²) in [5, 5.41) is 8.69. The molecule has 0 aromatic heterocycles. The predicted octanol–water partition coefficient (Wildman–Crippen LogP) is 1.91. The van der Waals surface area contributed by atoms with Gasteiger partial charge in [0.05, 0.1) is 16.9 Å². The van der Waals surface area contributed by atoms with Crippen molar-refractivity contribution in [3.05, 3.63) is 29.6 Å². The van der Waals surface area contributed by atoms with Crippen molar-refractivity contribution in [1.82, 2.24) is 4.31 Å². The third-order valence-electron chi connectivity index (χ3n) is 2.59. The number of nitriles is 1. The Hall–Kier alpha value is -1.45. The molecule has 0 heterocycles. The van der Waals surface area contributed by atoms with Crippen molar-refractivity contribution >= 4 is 10.0 Å². The van der Waals surface area contributed by atoms with Crippen LogP contribution in [-0.4, -0.2) is 26.3 Å². The number of sulfonamides is 1. The van der Waals surface area contributed by atoms with Crippen LogP contribution >= 0.6 is 0 Å². The molecule has 0 saturated heterocycles. The Morgan fingerprint density at radius 3 is 2.67 bits per heavy atom. The van der Waals surface area contributed by atoms with Gasteiger partial charge in [-0.15, -0.1) is 0 Å². The Balaban J connectivity index is 3.14. The van der Waals surface area contributed by atoms with Crippen molar-refractivity contribution in [2.24, 2.45) is 5.92 Å². The number of aryl methyl sites for hydroxylation is 1. The molecule has 0 bridgehead atoms. The van der Waals surface area contributed by atoms with Crippen molar-refractivity contribution in [3.8, 4) is 6.07 Å². The minimum atomic E-state index is -3.76. The predicted molar refractivity (Wildman–Crippen MR) is 65.7 cm³/mol. The third-order valence-corrected chi connectivity index (χ3v) is 4.56. The molecule has 1 unspecified atom stereocenters. The summed E-state index contributed by atoms with van der Waals surface area (Å²) in [5.74, 6) is -1.01. The molecule has 0 spiro atoms. The van der Waals surface area contributed by atoms with E-state index < -0.39 is 21.8 Å². The highest BCUT2D eigenvalue weighted by atomic mass is 32.2. The van der Waals surface area contributed by atoms with E-state index in [9.17, 15) is 12.8 Å². The fourth-order valence-electron chi connectivity index (χ4n) is 1.54. The van der Waals surface area contributed by atoms with Gasteiger partial charge in [-0.2, -0.15) is 9.57 Å². The molecule has 1 rings (SSSR count). The normalized spacial score (nSPS) is 13.3. The van der Waals surface area contributed by atoms with Crippen LogP contribution in [-0.2, 0) is 10.0 Å². The second kappa shape index (κ2) is 5.46. The number of nitrogens with zero attached hydrogens (tertiary/aromatic N) is 2. The fraction of sp³-hybridized carbons (Fsp3) is 0.417. The van der Waals surface area contributed by atoms with Crippen LogP contribution in [0.5, 0.6) is 0 Å². The van der Waals surface area contributed by atoms with E-state index in [1.807, 2.05) is 6.07 Å². The molecule has 0 N–H and O–H groups in total. The van der Waals surface area contributed by atoms with Crippen LogP contribution in [0.1, 0.15) is 12.5 Å². The summed E-state index contributed by atoms with van der Waals surface area (Å²) in [5.41, 5.74) is 0.480. The Labute approximate surface area is 107 Å². The van der Waals surface area contributed by atoms with Gasteiger partial charge in [0.15, 0.2) is 0 Å². The minimum absolute atomic E-state index is 0.0601. The van der Waals surface area contributed by atoms with E-state index in [1.54, 1.807) is 13.8 Å². The van der Waals surface area contributed by atoms with E-state index in [2.05, 4.69) is 0 Å². The minimum Gasteiger partial charge on any atom is -0.207 e. The van der Waals surface area contributed by atoms with Crippen LogP contribution in [0, 0.1) is 30.0 Å². The lowest BCUT2D eigenvalue weighted by atomic mass is 10.2. The van der Waals surface area contributed by atoms with E-state index in [0.29, 0.717) is 5.56 Å². The first-order chi connectivity index (χ1) is 8.28. The Kier molecular flexibility index (Phi) is 4.43. The molecule has 0 radical (unpaired) electrons. The van der Waals surface area contributed by atoms with Crippen LogP contribution in [0.15, 0.2) is 23.1 Å². The number of hydrogen-bond acceptors (Lipinski definition) is 3. The molecule has 4 nitrogen and oxygen atoms in total. The van der Waals surface area contributed by atoms with E-state index in [0.717, 1.165) is 10.4 Å². The maximum atomic E-state index is 13.1. The van der Waals surface area contributed by atoms with Gasteiger partial charge in [-0.3, -0.25) is 0 Å². The average molecular weight is 270 g/mol. The summed E-state index contributed by atoms with van der Waals surface area (Å²) in [6.07, 6.45) is 0. The maximum absolute atomic E-state index is 13.1. The first kappa shape index (κ1) is 14.6. The Morgan fingerprint density at radius 2 is 2.11 bits per heavy atom. The van der Waals surface area contributed by atoms with E-state index in [-0.39, 0.29) is 11.4 Å². The second-order valence-corrected chi connectivity index (χ2v) is 6.24. The largest absolute Gasteiger partial charge is 0.243 e. The van der Waals surface area contributed by atoms with Gasteiger partial charge in [0.2, 0.25) is 10.0 Å². The highest BCUT2D eigenvalue weighted by Crippen LogP contribution is 2.20. The zero-order valence-corrected chi connectivity index (χ0v) is 11.3. The topological polar surface area (TPSA) is 61.2 Å². The smallest absolute Gasteiger partial charge is 0.207 e.